The Balaban J connectivity index is 1.77. The molecular formula is C14H15ClN4OS. The van der Waals surface area contributed by atoms with Crippen LogP contribution in [0.25, 0.3) is 0 Å². The molecule has 1 atom stereocenters. The highest BCUT2D eigenvalue weighted by Gasteiger charge is 2.28. The number of carbonyl (C=O) groups is 1. The van der Waals surface area contributed by atoms with Crippen molar-refractivity contribution < 1.29 is 4.79 Å². The lowest BCUT2D eigenvalue weighted by Gasteiger charge is -2.35. The predicted octanol–water partition coefficient (Wildman–Crippen LogP) is 2.25. The summed E-state index contributed by atoms with van der Waals surface area (Å²) >= 11 is 7.81. The van der Waals surface area contributed by atoms with Crippen LogP contribution in [-0.4, -0.2) is 43.6 Å². The molecule has 110 valence electrons. The molecule has 1 aromatic carbocycles. The number of hydrogen-bond acceptors (Lipinski definition) is 4. The van der Waals surface area contributed by atoms with Crippen LogP contribution in [0.1, 0.15) is 11.6 Å². The predicted molar refractivity (Wildman–Crippen MR) is 83.3 cm³/mol. The molecule has 0 saturated carbocycles. The number of hydrogen-bond donors (Lipinski definition) is 0. The number of amides is 1. The molecule has 7 heteroatoms. The van der Waals surface area contributed by atoms with E-state index in [2.05, 4.69) is 10.1 Å². The van der Waals surface area contributed by atoms with E-state index in [1.54, 1.807) is 11.0 Å². The summed E-state index contributed by atoms with van der Waals surface area (Å²) in [5.41, 5.74) is 1.12. The maximum atomic E-state index is 12.5. The molecule has 2 aromatic rings. The summed E-state index contributed by atoms with van der Waals surface area (Å²) in [5, 5.41) is 4.71. The molecule has 0 N–H and O–H groups in total. The van der Waals surface area contributed by atoms with Gasteiger partial charge in [-0.3, -0.25) is 4.79 Å². The normalized spacial score (nSPS) is 18.7. The molecular weight excluding hydrogens is 308 g/mol. The molecule has 1 aliphatic heterocycles. The third-order valence-corrected chi connectivity index (χ3v) is 4.74. The minimum atomic E-state index is 0.0701. The van der Waals surface area contributed by atoms with Gasteiger partial charge in [0.15, 0.2) is 0 Å². The molecule has 5 nitrogen and oxygen atoms in total. The summed E-state index contributed by atoms with van der Waals surface area (Å²) in [7, 11) is 0. The quantitative estimate of drug-likeness (QED) is 0.869. The van der Waals surface area contributed by atoms with Gasteiger partial charge >= 0.3 is 0 Å². The highest BCUT2D eigenvalue weighted by Crippen LogP contribution is 2.30. The van der Waals surface area contributed by atoms with Crippen molar-refractivity contribution in [2.24, 2.45) is 0 Å². The van der Waals surface area contributed by atoms with E-state index in [-0.39, 0.29) is 18.5 Å². The van der Waals surface area contributed by atoms with Crippen LogP contribution in [0.2, 0.25) is 5.02 Å². The van der Waals surface area contributed by atoms with Crippen LogP contribution < -0.4 is 0 Å². The maximum absolute atomic E-state index is 12.5. The Morgan fingerprint density at radius 1 is 1.38 bits per heavy atom. The van der Waals surface area contributed by atoms with E-state index in [4.69, 9.17) is 11.6 Å². The zero-order valence-corrected chi connectivity index (χ0v) is 12.9. The van der Waals surface area contributed by atoms with Crippen molar-refractivity contribution >= 4 is 29.3 Å². The van der Waals surface area contributed by atoms with Crippen LogP contribution in [0, 0.1) is 0 Å². The van der Waals surface area contributed by atoms with Gasteiger partial charge in [0.1, 0.15) is 19.2 Å². The first-order valence-electron chi connectivity index (χ1n) is 6.69. The minimum Gasteiger partial charge on any atom is -0.332 e. The van der Waals surface area contributed by atoms with Crippen molar-refractivity contribution in [3.8, 4) is 0 Å². The third-order valence-electron chi connectivity index (χ3n) is 3.47. The molecule has 1 aliphatic rings. The summed E-state index contributed by atoms with van der Waals surface area (Å²) in [6, 6.07) is 7.83. The zero-order chi connectivity index (χ0) is 14.7. The molecule has 2 heterocycles. The van der Waals surface area contributed by atoms with Gasteiger partial charge in [0, 0.05) is 23.1 Å². The van der Waals surface area contributed by atoms with E-state index in [9.17, 15) is 4.79 Å². The lowest BCUT2D eigenvalue weighted by molar-refractivity contribution is -0.134. The fourth-order valence-electron chi connectivity index (χ4n) is 2.41. The Kier molecular flexibility index (Phi) is 4.45. The van der Waals surface area contributed by atoms with Crippen molar-refractivity contribution in [3.05, 3.63) is 47.5 Å². The van der Waals surface area contributed by atoms with E-state index in [1.807, 2.05) is 40.9 Å². The monoisotopic (exact) mass is 322 g/mol. The van der Waals surface area contributed by atoms with Gasteiger partial charge in [-0.2, -0.15) is 16.9 Å². The minimum absolute atomic E-state index is 0.0701. The first kappa shape index (κ1) is 14.4. The van der Waals surface area contributed by atoms with E-state index in [0.717, 1.165) is 23.6 Å². The lowest BCUT2D eigenvalue weighted by atomic mass is 10.1. The summed E-state index contributed by atoms with van der Waals surface area (Å²) in [6.45, 7) is 0.986. The van der Waals surface area contributed by atoms with Crippen LogP contribution in [-0.2, 0) is 11.3 Å². The first-order chi connectivity index (χ1) is 10.2. The number of benzene rings is 1. The summed E-state index contributed by atoms with van der Waals surface area (Å²) in [4.78, 5) is 18.3. The van der Waals surface area contributed by atoms with E-state index < -0.39 is 0 Å². The van der Waals surface area contributed by atoms with Gasteiger partial charge in [-0.15, -0.1) is 0 Å². The fourth-order valence-corrected chi connectivity index (χ4v) is 3.62. The van der Waals surface area contributed by atoms with E-state index in [0.29, 0.717) is 5.02 Å². The first-order valence-corrected chi connectivity index (χ1v) is 8.22. The second-order valence-electron chi connectivity index (χ2n) is 4.82. The number of thioether (sulfide) groups is 1. The van der Waals surface area contributed by atoms with Crippen LogP contribution >= 0.6 is 23.4 Å². The highest BCUT2D eigenvalue weighted by atomic mass is 35.5. The Morgan fingerprint density at radius 2 is 2.19 bits per heavy atom. The summed E-state index contributed by atoms with van der Waals surface area (Å²) < 4.78 is 1.56. The summed E-state index contributed by atoms with van der Waals surface area (Å²) in [6.07, 6.45) is 3.00. The van der Waals surface area contributed by atoms with Crippen LogP contribution in [0.3, 0.4) is 0 Å². The number of carbonyl (C=O) groups excluding carboxylic acids is 1. The van der Waals surface area contributed by atoms with Crippen LogP contribution in [0.5, 0.6) is 0 Å². The molecule has 21 heavy (non-hydrogen) atoms. The smallest absolute Gasteiger partial charge is 0.244 e. The summed E-state index contributed by atoms with van der Waals surface area (Å²) in [5.74, 6) is 1.94. The van der Waals surface area contributed by atoms with Gasteiger partial charge in [0.25, 0.3) is 0 Å². The second kappa shape index (κ2) is 6.49. The standard InChI is InChI=1S/C14H15ClN4OS/c15-12-3-1-11(2-4-12)13-8-21-6-5-19(13)14(20)7-18-10-16-9-17-18/h1-4,9-10,13H,5-8H2/t13-/m1/s1. The SMILES string of the molecule is O=C(Cn1cncn1)N1CCSC[C@@H]1c1ccc(Cl)cc1. The molecule has 0 radical (unpaired) electrons. The van der Waals surface area contributed by atoms with Crippen molar-refractivity contribution in [1.29, 1.82) is 0 Å². The molecule has 0 spiro atoms. The number of aromatic nitrogens is 3. The van der Waals surface area contributed by atoms with Gasteiger partial charge in [-0.05, 0) is 17.7 Å². The molecule has 1 amide bonds. The molecule has 0 unspecified atom stereocenters. The van der Waals surface area contributed by atoms with Gasteiger partial charge in [-0.25, -0.2) is 9.67 Å². The Labute approximate surface area is 132 Å². The average molecular weight is 323 g/mol. The molecule has 1 fully saturated rings. The van der Waals surface area contributed by atoms with Crippen molar-refractivity contribution in [2.45, 2.75) is 12.6 Å². The van der Waals surface area contributed by atoms with Crippen molar-refractivity contribution in [3.63, 3.8) is 0 Å². The largest absolute Gasteiger partial charge is 0.332 e. The van der Waals surface area contributed by atoms with Gasteiger partial charge in [-0.1, -0.05) is 23.7 Å². The molecule has 0 bridgehead atoms. The van der Waals surface area contributed by atoms with Crippen LogP contribution in [0.4, 0.5) is 0 Å². The molecule has 3 rings (SSSR count). The third kappa shape index (κ3) is 3.39. The van der Waals surface area contributed by atoms with Crippen molar-refractivity contribution in [1.82, 2.24) is 19.7 Å². The van der Waals surface area contributed by atoms with Crippen LogP contribution in [0.15, 0.2) is 36.9 Å². The topological polar surface area (TPSA) is 51.0 Å². The fraction of sp³-hybridized carbons (Fsp3) is 0.357. The lowest BCUT2D eigenvalue weighted by Crippen LogP contribution is -2.42. The number of nitrogens with zero attached hydrogens (tertiary/aromatic N) is 4. The molecule has 1 saturated heterocycles. The zero-order valence-electron chi connectivity index (χ0n) is 11.4. The number of rotatable bonds is 3. The Hall–Kier alpha value is -1.53. The highest BCUT2D eigenvalue weighted by molar-refractivity contribution is 7.99. The van der Waals surface area contributed by atoms with E-state index in [1.165, 1.54) is 6.33 Å². The maximum Gasteiger partial charge on any atom is 0.244 e. The second-order valence-corrected chi connectivity index (χ2v) is 6.41. The van der Waals surface area contributed by atoms with Crippen molar-refractivity contribution in [2.75, 3.05) is 18.1 Å². The number of halogens is 1. The van der Waals surface area contributed by atoms with Gasteiger partial charge in [0.05, 0.1) is 6.04 Å². The Bertz CT molecular complexity index is 602. The van der Waals surface area contributed by atoms with E-state index >= 15 is 0 Å². The molecule has 1 aromatic heterocycles. The Morgan fingerprint density at radius 3 is 2.90 bits per heavy atom. The molecule has 0 aliphatic carbocycles. The average Bonchev–Trinajstić information content (AvgIpc) is 3.01. The van der Waals surface area contributed by atoms with Gasteiger partial charge in [0.2, 0.25) is 5.91 Å². The van der Waals surface area contributed by atoms with Gasteiger partial charge < -0.3 is 4.90 Å².